The van der Waals surface area contributed by atoms with Gasteiger partial charge in [-0.15, -0.1) is 0 Å². The van der Waals surface area contributed by atoms with E-state index in [0.29, 0.717) is 5.92 Å². The Balaban J connectivity index is 0.000000730. The van der Waals surface area contributed by atoms with Crippen molar-refractivity contribution < 1.29 is 10.2 Å². The van der Waals surface area contributed by atoms with Gasteiger partial charge in [-0.1, -0.05) is 78.4 Å². The van der Waals surface area contributed by atoms with E-state index in [0.717, 1.165) is 12.8 Å². The second-order valence-electron chi connectivity index (χ2n) is 6.14. The minimum atomic E-state index is 0. The Kier molecular flexibility index (Phi) is 9.53. The summed E-state index contributed by atoms with van der Waals surface area (Å²) >= 11 is 0. The number of allylic oxidation sites excluding steroid dienone is 4. The molecule has 0 fully saturated rings. The van der Waals surface area contributed by atoms with Crippen LogP contribution in [-0.2, 0) is 4.74 Å². The van der Waals surface area contributed by atoms with Crippen LogP contribution in [0.5, 0.6) is 0 Å². The average molecular weight is 338 g/mol. The van der Waals surface area contributed by atoms with Gasteiger partial charge in [-0.05, 0) is 42.9 Å². The van der Waals surface area contributed by atoms with Crippen molar-refractivity contribution in [3.8, 4) is 0 Å². The lowest BCUT2D eigenvalue weighted by Crippen LogP contribution is -2.06. The second kappa shape index (κ2) is 11.4. The Morgan fingerprint density at radius 2 is 1.48 bits per heavy atom. The third kappa shape index (κ3) is 6.00. The van der Waals surface area contributed by atoms with Crippen molar-refractivity contribution in [1.29, 1.82) is 0 Å². The molecule has 1 aliphatic rings. The Bertz CT molecular complexity index is 672. The molecule has 1 aliphatic carbocycles. The molecule has 134 valence electrons. The van der Waals surface area contributed by atoms with E-state index in [1.165, 1.54) is 28.7 Å². The summed E-state index contributed by atoms with van der Waals surface area (Å²) in [6, 6.07) is 19.7. The Morgan fingerprint density at radius 1 is 0.840 bits per heavy atom. The van der Waals surface area contributed by atoms with E-state index in [9.17, 15) is 0 Å². The van der Waals surface area contributed by atoms with Crippen LogP contribution in [0.1, 0.15) is 41.9 Å². The van der Waals surface area contributed by atoms with E-state index in [4.69, 9.17) is 0 Å². The topological polar surface area (TPSA) is 40.7 Å². The first-order valence-electron chi connectivity index (χ1n) is 8.62. The lowest BCUT2D eigenvalue weighted by atomic mass is 9.81. The van der Waals surface area contributed by atoms with E-state index in [1.807, 2.05) is 0 Å². The first kappa shape index (κ1) is 20.9. The average Bonchev–Trinajstić information content (AvgIpc) is 2.88. The molecule has 0 aromatic heterocycles. The lowest BCUT2D eigenvalue weighted by Gasteiger charge is -2.23. The summed E-state index contributed by atoms with van der Waals surface area (Å²) in [5.74, 6) is 0.384. The number of aryl methyl sites for hydroxylation is 1. The summed E-state index contributed by atoms with van der Waals surface area (Å²) in [7, 11) is 3.25. The van der Waals surface area contributed by atoms with Crippen molar-refractivity contribution in [2.45, 2.75) is 32.1 Å². The molecule has 2 aromatic rings. The van der Waals surface area contributed by atoms with E-state index >= 15 is 0 Å². The van der Waals surface area contributed by atoms with Crippen LogP contribution < -0.4 is 0 Å². The highest BCUT2D eigenvalue weighted by Gasteiger charge is 2.20. The summed E-state index contributed by atoms with van der Waals surface area (Å²) in [6.07, 6.45) is 10.5. The number of rotatable bonds is 3. The summed E-state index contributed by atoms with van der Waals surface area (Å²) in [4.78, 5) is 0. The third-order valence-corrected chi connectivity index (χ3v) is 4.26. The van der Waals surface area contributed by atoms with Gasteiger partial charge in [0.2, 0.25) is 0 Å². The molecule has 0 radical (unpaired) electrons. The number of benzene rings is 2. The van der Waals surface area contributed by atoms with Gasteiger partial charge in [-0.2, -0.15) is 0 Å². The van der Waals surface area contributed by atoms with Gasteiger partial charge in [0, 0.05) is 20.1 Å². The van der Waals surface area contributed by atoms with Gasteiger partial charge in [-0.25, -0.2) is 0 Å². The molecular formula is C23H30O2. The first-order valence-corrected chi connectivity index (χ1v) is 8.62. The van der Waals surface area contributed by atoms with Crippen LogP contribution in [0, 0.1) is 6.92 Å². The molecule has 0 spiro atoms. The van der Waals surface area contributed by atoms with Gasteiger partial charge in [-0.3, -0.25) is 0 Å². The van der Waals surface area contributed by atoms with Gasteiger partial charge in [0.05, 0.1) is 0 Å². The Labute approximate surface area is 152 Å². The predicted molar refractivity (Wildman–Crippen MR) is 107 cm³/mol. The molecule has 2 heteroatoms. The van der Waals surface area contributed by atoms with Crippen molar-refractivity contribution in [1.82, 2.24) is 0 Å². The number of methoxy groups -OCH3 is 1. The second-order valence-corrected chi connectivity index (χ2v) is 6.14. The summed E-state index contributed by atoms with van der Waals surface area (Å²) in [5, 5.41) is 0. The quantitative estimate of drug-likeness (QED) is 0.706. The molecule has 0 saturated heterocycles. The zero-order chi connectivity index (χ0) is 17.2. The van der Waals surface area contributed by atoms with Gasteiger partial charge in [0.1, 0.15) is 0 Å². The van der Waals surface area contributed by atoms with Crippen LogP contribution in [0.25, 0.3) is 0 Å². The molecule has 1 unspecified atom stereocenters. The minimum absolute atomic E-state index is 0. The smallest absolute Gasteiger partial charge is 0.0351 e. The summed E-state index contributed by atoms with van der Waals surface area (Å²) in [6.45, 7) is 2.22. The van der Waals surface area contributed by atoms with Crippen LogP contribution in [-0.4, -0.2) is 19.7 Å². The van der Waals surface area contributed by atoms with Crippen molar-refractivity contribution in [3.63, 3.8) is 0 Å². The predicted octanol–water partition coefficient (Wildman–Crippen LogP) is 5.23. The fourth-order valence-corrected chi connectivity index (χ4v) is 3.17. The highest BCUT2D eigenvalue weighted by atomic mass is 16.4. The molecule has 3 rings (SSSR count). The van der Waals surface area contributed by atoms with Crippen molar-refractivity contribution in [2.75, 3.05) is 14.2 Å². The van der Waals surface area contributed by atoms with E-state index < -0.39 is 0 Å². The van der Waals surface area contributed by atoms with Gasteiger partial charge in [0.15, 0.2) is 0 Å². The maximum Gasteiger partial charge on any atom is 0.0351 e. The minimum Gasteiger partial charge on any atom is -0.412 e. The molecule has 0 saturated carbocycles. The summed E-state index contributed by atoms with van der Waals surface area (Å²) < 4.78 is 4.25. The fraction of sp³-hybridized carbons (Fsp3) is 0.304. The Hall–Kier alpha value is -2.16. The molecule has 2 nitrogen and oxygen atoms in total. The maximum absolute atomic E-state index is 4.25. The molecule has 25 heavy (non-hydrogen) atoms. The van der Waals surface area contributed by atoms with E-state index in [1.54, 1.807) is 14.2 Å². The number of hydrogen-bond donors (Lipinski definition) is 0. The van der Waals surface area contributed by atoms with Gasteiger partial charge in [0.25, 0.3) is 0 Å². The molecule has 2 N–H and O–H groups in total. The van der Waals surface area contributed by atoms with Crippen molar-refractivity contribution in [2.24, 2.45) is 0 Å². The molecule has 2 aromatic carbocycles. The van der Waals surface area contributed by atoms with Crippen LogP contribution in [0.15, 0.2) is 78.4 Å². The number of hydrogen-bond acceptors (Lipinski definition) is 1. The van der Waals surface area contributed by atoms with E-state index in [2.05, 4.69) is 84.5 Å². The molecule has 1 atom stereocenters. The lowest BCUT2D eigenvalue weighted by molar-refractivity contribution is 0.277. The monoisotopic (exact) mass is 338 g/mol. The molecular weight excluding hydrogens is 308 g/mol. The zero-order valence-electron chi connectivity index (χ0n) is 15.5. The molecule has 0 amide bonds. The molecule has 0 bridgehead atoms. The van der Waals surface area contributed by atoms with Crippen LogP contribution >= 0.6 is 0 Å². The SMILES string of the molecule is COC.Cc1ccccc1C(C1=CCCC=CC1)c1ccccc1.O. The fourth-order valence-electron chi connectivity index (χ4n) is 3.17. The Morgan fingerprint density at radius 3 is 2.16 bits per heavy atom. The van der Waals surface area contributed by atoms with E-state index in [-0.39, 0.29) is 5.48 Å². The first-order chi connectivity index (χ1) is 11.8. The van der Waals surface area contributed by atoms with Crippen molar-refractivity contribution in [3.05, 3.63) is 95.1 Å². The van der Waals surface area contributed by atoms with Crippen molar-refractivity contribution >= 4 is 0 Å². The van der Waals surface area contributed by atoms with Gasteiger partial charge < -0.3 is 10.2 Å². The largest absolute Gasteiger partial charge is 0.412 e. The molecule has 0 aliphatic heterocycles. The third-order valence-electron chi connectivity index (χ3n) is 4.26. The number of ether oxygens (including phenoxy) is 1. The zero-order valence-corrected chi connectivity index (χ0v) is 15.5. The van der Waals surface area contributed by atoms with Crippen LogP contribution in [0.2, 0.25) is 0 Å². The molecule has 0 heterocycles. The standard InChI is InChI=1S/C21H22.C2H6O.H2O/c1-17-11-9-10-16-20(17)21(19-14-7-4-8-15-19)18-12-5-2-3-6-13-18;1-3-2;/h2,4-5,7-11,13-16,21H,3,6,12H2,1H3;1-2H3;1H2. The normalized spacial score (nSPS) is 14.3. The van der Waals surface area contributed by atoms with Crippen LogP contribution in [0.3, 0.4) is 0 Å². The van der Waals surface area contributed by atoms with Crippen LogP contribution in [0.4, 0.5) is 0 Å². The summed E-state index contributed by atoms with van der Waals surface area (Å²) in [5.41, 5.74) is 5.74. The van der Waals surface area contributed by atoms with Gasteiger partial charge >= 0.3 is 0 Å². The maximum atomic E-state index is 4.25. The highest BCUT2D eigenvalue weighted by molar-refractivity contribution is 5.45. The highest BCUT2D eigenvalue weighted by Crippen LogP contribution is 2.36.